The van der Waals surface area contributed by atoms with E-state index in [1.165, 1.54) is 28.8 Å². The molecule has 26 heavy (non-hydrogen) atoms. The van der Waals surface area contributed by atoms with Crippen LogP contribution in [-0.2, 0) is 4.79 Å². The van der Waals surface area contributed by atoms with E-state index in [1.54, 1.807) is 37.5 Å². The van der Waals surface area contributed by atoms with Crippen LogP contribution in [0.3, 0.4) is 0 Å². The minimum absolute atomic E-state index is 0.278. The molecule has 1 heterocycles. The van der Waals surface area contributed by atoms with Gasteiger partial charge in [0.05, 0.1) is 24.3 Å². The van der Waals surface area contributed by atoms with Gasteiger partial charge >= 0.3 is 0 Å². The van der Waals surface area contributed by atoms with Crippen molar-refractivity contribution in [2.24, 2.45) is 0 Å². The average molecular weight is 389 g/mol. The summed E-state index contributed by atoms with van der Waals surface area (Å²) < 4.78 is 24.7. The lowest BCUT2D eigenvalue weighted by Gasteiger charge is -2.14. The molecule has 0 spiro atoms. The molecule has 1 aliphatic rings. The Kier molecular flexibility index (Phi) is 5.58. The Balaban J connectivity index is 1.92. The highest BCUT2D eigenvalue weighted by Gasteiger charge is 2.33. The molecule has 0 radical (unpaired) electrons. The number of carbonyl (C=O) groups excluding carboxylic acids is 1. The summed E-state index contributed by atoms with van der Waals surface area (Å²) in [6.07, 6.45) is 1.74. The van der Waals surface area contributed by atoms with E-state index in [0.717, 1.165) is 5.56 Å². The number of carbonyl (C=O) groups is 1. The van der Waals surface area contributed by atoms with Crippen LogP contribution in [0.15, 0.2) is 47.4 Å². The maximum absolute atomic E-state index is 13.5. The summed E-state index contributed by atoms with van der Waals surface area (Å²) in [7, 11) is 1.57. The van der Waals surface area contributed by atoms with Gasteiger partial charge in [0.2, 0.25) is 0 Å². The second kappa shape index (κ2) is 7.88. The number of anilines is 1. The smallest absolute Gasteiger partial charge is 0.270 e. The summed E-state index contributed by atoms with van der Waals surface area (Å²) >= 11 is 6.48. The fourth-order valence-electron chi connectivity index (χ4n) is 2.51. The zero-order valence-corrected chi connectivity index (χ0v) is 15.8. The van der Waals surface area contributed by atoms with E-state index >= 15 is 0 Å². The van der Waals surface area contributed by atoms with Crippen molar-refractivity contribution < 1.29 is 18.7 Å². The predicted octanol–water partition coefficient (Wildman–Crippen LogP) is 4.64. The second-order valence-corrected chi connectivity index (χ2v) is 7.02. The van der Waals surface area contributed by atoms with Crippen molar-refractivity contribution in [2.75, 3.05) is 18.6 Å². The van der Waals surface area contributed by atoms with Crippen LogP contribution in [0.5, 0.6) is 11.5 Å². The molecule has 0 atom stereocenters. The molecule has 2 aromatic carbocycles. The molecule has 0 aromatic heterocycles. The van der Waals surface area contributed by atoms with Crippen LogP contribution in [-0.4, -0.2) is 23.9 Å². The molecule has 3 rings (SSSR count). The molecule has 1 saturated heterocycles. The summed E-state index contributed by atoms with van der Waals surface area (Å²) in [6.45, 7) is 2.39. The topological polar surface area (TPSA) is 38.8 Å². The summed E-state index contributed by atoms with van der Waals surface area (Å²) in [5.41, 5.74) is 1.20. The number of ether oxygens (including phenoxy) is 2. The lowest BCUT2D eigenvalue weighted by molar-refractivity contribution is -0.113. The quantitative estimate of drug-likeness (QED) is 0.550. The second-order valence-electron chi connectivity index (χ2n) is 5.34. The maximum Gasteiger partial charge on any atom is 0.270 e. The lowest BCUT2D eigenvalue weighted by Crippen LogP contribution is -2.27. The Hall–Kier alpha value is -2.38. The number of thioether (sulfide) groups is 1. The van der Waals surface area contributed by atoms with Crippen LogP contribution in [0.1, 0.15) is 12.5 Å². The molecule has 1 aliphatic heterocycles. The van der Waals surface area contributed by atoms with Crippen molar-refractivity contribution in [3.05, 3.63) is 58.8 Å². The number of halogens is 1. The number of benzene rings is 2. The molecular weight excluding hydrogens is 373 g/mol. The van der Waals surface area contributed by atoms with Gasteiger partial charge in [0, 0.05) is 0 Å². The first-order valence-electron chi connectivity index (χ1n) is 7.88. The fraction of sp³-hybridized carbons (Fsp3) is 0.158. The first kappa shape index (κ1) is 18.4. The summed E-state index contributed by atoms with van der Waals surface area (Å²) in [4.78, 5) is 14.5. The minimum Gasteiger partial charge on any atom is -0.493 e. The Bertz CT molecular complexity index is 898. The third-order valence-corrected chi connectivity index (χ3v) is 4.95. The van der Waals surface area contributed by atoms with Crippen LogP contribution in [0.4, 0.5) is 10.1 Å². The fourth-order valence-corrected chi connectivity index (χ4v) is 3.81. The summed E-state index contributed by atoms with van der Waals surface area (Å²) in [5, 5.41) is 0. The van der Waals surface area contributed by atoms with Crippen LogP contribution >= 0.6 is 24.0 Å². The van der Waals surface area contributed by atoms with E-state index in [4.69, 9.17) is 21.7 Å². The van der Waals surface area contributed by atoms with Crippen molar-refractivity contribution in [2.45, 2.75) is 6.92 Å². The first-order chi connectivity index (χ1) is 12.5. The highest BCUT2D eigenvalue weighted by atomic mass is 32.2. The maximum atomic E-state index is 13.5. The Morgan fingerprint density at radius 1 is 1.23 bits per heavy atom. The normalized spacial score (nSPS) is 15.7. The van der Waals surface area contributed by atoms with Crippen LogP contribution in [0.25, 0.3) is 6.08 Å². The predicted molar refractivity (Wildman–Crippen MR) is 106 cm³/mol. The van der Waals surface area contributed by atoms with Gasteiger partial charge in [-0.2, -0.15) is 0 Å². The summed E-state index contributed by atoms with van der Waals surface area (Å²) in [6, 6.07) is 11.2. The van der Waals surface area contributed by atoms with Crippen molar-refractivity contribution >= 4 is 46.0 Å². The molecule has 2 aromatic rings. The number of hydrogen-bond donors (Lipinski definition) is 0. The minimum atomic E-state index is -0.419. The number of hydrogen-bond acceptors (Lipinski definition) is 5. The highest BCUT2D eigenvalue weighted by Crippen LogP contribution is 2.37. The molecule has 4 nitrogen and oxygen atoms in total. The average Bonchev–Trinajstić information content (AvgIpc) is 2.89. The van der Waals surface area contributed by atoms with Gasteiger partial charge in [0.15, 0.2) is 15.8 Å². The summed E-state index contributed by atoms with van der Waals surface area (Å²) in [5.74, 6) is 0.525. The molecule has 1 fully saturated rings. The zero-order valence-electron chi connectivity index (χ0n) is 14.2. The van der Waals surface area contributed by atoms with E-state index in [9.17, 15) is 9.18 Å². The molecule has 0 N–H and O–H groups in total. The molecule has 0 saturated carbocycles. The third kappa shape index (κ3) is 3.73. The van der Waals surface area contributed by atoms with Gasteiger partial charge in [0.1, 0.15) is 5.82 Å². The lowest BCUT2D eigenvalue weighted by atomic mass is 10.2. The molecule has 0 unspecified atom stereocenters. The number of nitrogens with zero attached hydrogens (tertiary/aromatic N) is 1. The van der Waals surface area contributed by atoms with Gasteiger partial charge in [-0.05, 0) is 48.9 Å². The molecule has 7 heteroatoms. The third-order valence-electron chi connectivity index (χ3n) is 3.65. The molecular formula is C19H16FNO3S2. The van der Waals surface area contributed by atoms with Crippen LogP contribution in [0, 0.1) is 5.82 Å². The van der Waals surface area contributed by atoms with Crippen molar-refractivity contribution in [1.82, 2.24) is 0 Å². The van der Waals surface area contributed by atoms with Gasteiger partial charge in [-0.3, -0.25) is 9.69 Å². The number of methoxy groups -OCH3 is 1. The van der Waals surface area contributed by atoms with E-state index in [2.05, 4.69) is 0 Å². The highest BCUT2D eigenvalue weighted by molar-refractivity contribution is 8.27. The van der Waals surface area contributed by atoms with E-state index in [-0.39, 0.29) is 5.91 Å². The molecule has 1 amide bonds. The molecule has 0 aliphatic carbocycles. The van der Waals surface area contributed by atoms with Crippen molar-refractivity contribution in [3.8, 4) is 11.5 Å². The van der Waals surface area contributed by atoms with Gasteiger partial charge in [0.25, 0.3) is 5.91 Å². The SMILES string of the molecule is CCOc1cc(/C=C2\SC(=S)N(c3cccc(F)c3)C2=O)ccc1OC. The van der Waals surface area contributed by atoms with Gasteiger partial charge in [-0.25, -0.2) is 4.39 Å². The largest absolute Gasteiger partial charge is 0.493 e. The standard InChI is InChI=1S/C19H16FNO3S2/c1-3-24-16-9-12(7-8-15(16)23-2)10-17-18(22)21(19(25)26-17)14-6-4-5-13(20)11-14/h4-11H,3H2,1-2H3/b17-10-. The number of thiocarbonyl (C=S) groups is 1. The van der Waals surface area contributed by atoms with Gasteiger partial charge in [-0.1, -0.05) is 36.1 Å². The van der Waals surface area contributed by atoms with Crippen LogP contribution < -0.4 is 14.4 Å². The number of amides is 1. The van der Waals surface area contributed by atoms with Crippen molar-refractivity contribution in [1.29, 1.82) is 0 Å². The molecule has 134 valence electrons. The van der Waals surface area contributed by atoms with Crippen molar-refractivity contribution in [3.63, 3.8) is 0 Å². The first-order valence-corrected chi connectivity index (χ1v) is 9.10. The van der Waals surface area contributed by atoms with E-state index in [0.29, 0.717) is 33.0 Å². The number of rotatable bonds is 5. The van der Waals surface area contributed by atoms with Crippen LogP contribution in [0.2, 0.25) is 0 Å². The Labute approximate surface area is 160 Å². The monoisotopic (exact) mass is 389 g/mol. The molecule has 0 bridgehead atoms. The van der Waals surface area contributed by atoms with E-state index < -0.39 is 5.82 Å². The Morgan fingerprint density at radius 2 is 2.04 bits per heavy atom. The zero-order chi connectivity index (χ0) is 18.7. The van der Waals surface area contributed by atoms with Gasteiger partial charge < -0.3 is 9.47 Å². The van der Waals surface area contributed by atoms with E-state index in [1.807, 2.05) is 13.0 Å². The Morgan fingerprint density at radius 3 is 2.73 bits per heavy atom. The van der Waals surface area contributed by atoms with Gasteiger partial charge in [-0.15, -0.1) is 0 Å².